The number of phenols is 1. The van der Waals surface area contributed by atoms with Crippen molar-refractivity contribution in [1.29, 1.82) is 0 Å². The van der Waals surface area contributed by atoms with Gasteiger partial charge >= 0.3 is 0 Å². The van der Waals surface area contributed by atoms with E-state index in [2.05, 4.69) is 68.4 Å². The minimum absolute atomic E-state index is 0.347. The molecule has 0 amide bonds. The zero-order valence-corrected chi connectivity index (χ0v) is 16.1. The highest BCUT2D eigenvalue weighted by molar-refractivity contribution is 14.1. The van der Waals surface area contributed by atoms with E-state index in [1.54, 1.807) is 0 Å². The van der Waals surface area contributed by atoms with Crippen LogP contribution in [0.1, 0.15) is 37.8 Å². The number of rotatable bonds is 5. The molecular weight excluding hydrogens is 478 g/mol. The van der Waals surface area contributed by atoms with Gasteiger partial charge in [0.2, 0.25) is 0 Å². The lowest BCUT2D eigenvalue weighted by molar-refractivity contribution is 0.160. The van der Waals surface area contributed by atoms with Crippen LogP contribution in [0.25, 0.3) is 0 Å². The molecular formula is C15H22I2N2O. The molecule has 1 fully saturated rings. The van der Waals surface area contributed by atoms with E-state index in [0.29, 0.717) is 11.8 Å². The van der Waals surface area contributed by atoms with Gasteiger partial charge < -0.3 is 10.4 Å². The number of nitrogens with zero attached hydrogens (tertiary/aromatic N) is 1. The summed E-state index contributed by atoms with van der Waals surface area (Å²) in [5.41, 5.74) is 1.11. The maximum Gasteiger partial charge on any atom is 0.133 e. The molecule has 3 nitrogen and oxygen atoms in total. The molecule has 20 heavy (non-hydrogen) atoms. The highest BCUT2D eigenvalue weighted by atomic mass is 127. The average Bonchev–Trinajstić information content (AvgIpc) is 2.45. The number of halogens is 2. The molecule has 0 radical (unpaired) electrons. The van der Waals surface area contributed by atoms with Crippen molar-refractivity contribution < 1.29 is 5.11 Å². The SMILES string of the molecule is CCCC[C@@H](c1cc(I)cc(I)c1O)N1CCNCC1. The van der Waals surface area contributed by atoms with E-state index in [1.165, 1.54) is 16.4 Å². The van der Waals surface area contributed by atoms with Crippen LogP contribution in [0.15, 0.2) is 12.1 Å². The molecule has 0 bridgehead atoms. The Bertz CT molecular complexity index is 448. The third-order valence-corrected chi connectivity index (χ3v) is 5.29. The fourth-order valence-electron chi connectivity index (χ4n) is 2.77. The number of hydrogen-bond donors (Lipinski definition) is 2. The Kier molecular flexibility index (Phi) is 6.83. The van der Waals surface area contributed by atoms with Crippen molar-refractivity contribution in [2.45, 2.75) is 32.2 Å². The van der Waals surface area contributed by atoms with Crippen LogP contribution in [0.3, 0.4) is 0 Å². The molecule has 112 valence electrons. The lowest BCUT2D eigenvalue weighted by Gasteiger charge is -2.35. The molecule has 1 heterocycles. The number of aromatic hydroxyl groups is 1. The maximum absolute atomic E-state index is 10.5. The van der Waals surface area contributed by atoms with Gasteiger partial charge in [0.1, 0.15) is 5.75 Å². The van der Waals surface area contributed by atoms with Crippen LogP contribution >= 0.6 is 45.2 Å². The van der Waals surface area contributed by atoms with Gasteiger partial charge in [-0.1, -0.05) is 19.8 Å². The smallest absolute Gasteiger partial charge is 0.133 e. The Morgan fingerprint density at radius 2 is 2.00 bits per heavy atom. The van der Waals surface area contributed by atoms with E-state index < -0.39 is 0 Å². The summed E-state index contributed by atoms with van der Waals surface area (Å²) in [5, 5.41) is 13.9. The molecule has 0 saturated carbocycles. The lowest BCUT2D eigenvalue weighted by atomic mass is 9.98. The number of piperazine rings is 1. The summed E-state index contributed by atoms with van der Waals surface area (Å²) in [6, 6.07) is 4.54. The molecule has 1 saturated heterocycles. The van der Waals surface area contributed by atoms with Crippen LogP contribution < -0.4 is 5.32 Å². The highest BCUT2D eigenvalue weighted by Crippen LogP contribution is 2.36. The van der Waals surface area contributed by atoms with Gasteiger partial charge in [0.15, 0.2) is 0 Å². The van der Waals surface area contributed by atoms with Crippen LogP contribution in [-0.4, -0.2) is 36.2 Å². The molecule has 1 aromatic rings. The largest absolute Gasteiger partial charge is 0.506 e. The number of phenolic OH excluding ortho intramolecular Hbond substituents is 1. The van der Waals surface area contributed by atoms with Gasteiger partial charge in [-0.15, -0.1) is 0 Å². The number of hydrogen-bond acceptors (Lipinski definition) is 3. The molecule has 0 aliphatic carbocycles. The fourth-order valence-corrected chi connectivity index (χ4v) is 4.66. The molecule has 1 aromatic carbocycles. The first-order chi connectivity index (χ1) is 9.63. The molecule has 1 aliphatic heterocycles. The van der Waals surface area contributed by atoms with Gasteiger partial charge in [0.05, 0.1) is 3.57 Å². The lowest BCUT2D eigenvalue weighted by Crippen LogP contribution is -2.45. The number of benzene rings is 1. The summed E-state index contributed by atoms with van der Waals surface area (Å²) < 4.78 is 2.16. The van der Waals surface area contributed by atoms with Crippen LogP contribution in [0, 0.1) is 7.14 Å². The summed E-state index contributed by atoms with van der Waals surface area (Å²) in [7, 11) is 0. The van der Waals surface area contributed by atoms with Crippen molar-refractivity contribution >= 4 is 45.2 Å². The van der Waals surface area contributed by atoms with E-state index in [1.807, 2.05) is 6.07 Å². The van der Waals surface area contributed by atoms with Crippen LogP contribution in [-0.2, 0) is 0 Å². The first-order valence-corrected chi connectivity index (χ1v) is 9.42. The zero-order chi connectivity index (χ0) is 14.5. The molecule has 0 unspecified atom stereocenters. The number of nitrogens with one attached hydrogen (secondary N) is 1. The molecule has 0 spiro atoms. The minimum atomic E-state index is 0.347. The second-order valence-electron chi connectivity index (χ2n) is 5.27. The Morgan fingerprint density at radius 3 is 2.65 bits per heavy atom. The quantitative estimate of drug-likeness (QED) is 0.606. The van der Waals surface area contributed by atoms with Gasteiger partial charge in [0, 0.05) is 41.4 Å². The third-order valence-electron chi connectivity index (χ3n) is 3.84. The first-order valence-electron chi connectivity index (χ1n) is 7.26. The van der Waals surface area contributed by atoms with Gasteiger partial charge in [-0.2, -0.15) is 0 Å². The van der Waals surface area contributed by atoms with Crippen molar-refractivity contribution in [1.82, 2.24) is 10.2 Å². The van der Waals surface area contributed by atoms with Gasteiger partial charge in [-0.05, 0) is 63.7 Å². The van der Waals surface area contributed by atoms with Crippen molar-refractivity contribution in [2.75, 3.05) is 26.2 Å². The molecule has 2 rings (SSSR count). The van der Waals surface area contributed by atoms with Gasteiger partial charge in [-0.25, -0.2) is 0 Å². The van der Waals surface area contributed by atoms with E-state index in [-0.39, 0.29) is 0 Å². The van der Waals surface area contributed by atoms with Gasteiger partial charge in [-0.3, -0.25) is 4.90 Å². The van der Waals surface area contributed by atoms with E-state index in [4.69, 9.17) is 0 Å². The first kappa shape index (κ1) is 16.8. The fraction of sp³-hybridized carbons (Fsp3) is 0.600. The Balaban J connectivity index is 2.29. The normalized spacial score (nSPS) is 18.1. The summed E-state index contributed by atoms with van der Waals surface area (Å²) in [4.78, 5) is 2.52. The second kappa shape index (κ2) is 8.14. The van der Waals surface area contributed by atoms with Crippen LogP contribution in [0.5, 0.6) is 5.75 Å². The summed E-state index contributed by atoms with van der Waals surface area (Å²) >= 11 is 4.57. The molecule has 2 N–H and O–H groups in total. The average molecular weight is 500 g/mol. The third kappa shape index (κ3) is 4.20. The highest BCUT2D eigenvalue weighted by Gasteiger charge is 2.25. The predicted octanol–water partition coefficient (Wildman–Crippen LogP) is 3.74. The van der Waals surface area contributed by atoms with Gasteiger partial charge in [0.25, 0.3) is 0 Å². The van der Waals surface area contributed by atoms with Crippen molar-refractivity contribution in [3.63, 3.8) is 0 Å². The van der Waals surface area contributed by atoms with Crippen LogP contribution in [0.4, 0.5) is 0 Å². The van der Waals surface area contributed by atoms with Crippen molar-refractivity contribution in [3.8, 4) is 5.75 Å². The Labute approximate surface area is 148 Å². The Morgan fingerprint density at radius 1 is 1.30 bits per heavy atom. The topological polar surface area (TPSA) is 35.5 Å². The molecule has 0 aromatic heterocycles. The van der Waals surface area contributed by atoms with E-state index >= 15 is 0 Å². The summed E-state index contributed by atoms with van der Waals surface area (Å²) in [6.07, 6.45) is 3.53. The summed E-state index contributed by atoms with van der Waals surface area (Å²) in [5.74, 6) is 0.477. The molecule has 1 aliphatic rings. The minimum Gasteiger partial charge on any atom is -0.506 e. The standard InChI is InChI=1S/C15H22I2N2O/c1-2-3-4-14(19-7-5-18-6-8-19)12-9-11(16)10-13(17)15(12)20/h9-10,14,18,20H,2-8H2,1H3/t14-/m0/s1. The van der Waals surface area contributed by atoms with E-state index in [9.17, 15) is 5.11 Å². The van der Waals surface area contributed by atoms with Crippen LogP contribution in [0.2, 0.25) is 0 Å². The Hall–Kier alpha value is 0.400. The van der Waals surface area contributed by atoms with Crippen molar-refractivity contribution in [2.24, 2.45) is 0 Å². The maximum atomic E-state index is 10.5. The summed E-state index contributed by atoms with van der Waals surface area (Å²) in [6.45, 7) is 6.45. The molecule has 5 heteroatoms. The zero-order valence-electron chi connectivity index (χ0n) is 11.8. The van der Waals surface area contributed by atoms with Crippen molar-refractivity contribution in [3.05, 3.63) is 24.8 Å². The molecule has 1 atom stereocenters. The monoisotopic (exact) mass is 500 g/mol. The second-order valence-corrected chi connectivity index (χ2v) is 7.68. The van der Waals surface area contributed by atoms with E-state index in [0.717, 1.165) is 41.7 Å². The number of unbranched alkanes of at least 4 members (excludes halogenated alkanes) is 1. The predicted molar refractivity (Wildman–Crippen MR) is 100 cm³/mol.